The zero-order valence-corrected chi connectivity index (χ0v) is 16.1. The molecule has 0 spiro atoms. The van der Waals surface area contributed by atoms with Gasteiger partial charge in [-0.3, -0.25) is 9.36 Å². The Balaban J connectivity index is 1.64. The Labute approximate surface area is 155 Å². The standard InChI is InChI=1S/C18H22BrN3OS/c1-13(17(23)21-15-5-3-2-4-6-15)24-18-20-11-12-22(18)16-9-7-14(19)8-10-16/h7-13,15H,2-6H2,1H3,(H,21,23). The SMILES string of the molecule is CC(Sc1nccn1-c1ccc(Br)cc1)C(=O)NC1CCCCC1. The molecule has 0 saturated heterocycles. The van der Waals surface area contributed by atoms with E-state index in [0.29, 0.717) is 6.04 Å². The Morgan fingerprint density at radius 2 is 2.00 bits per heavy atom. The third-order valence-corrected chi connectivity index (χ3v) is 5.92. The minimum absolute atomic E-state index is 0.109. The summed E-state index contributed by atoms with van der Waals surface area (Å²) in [5.74, 6) is 0.109. The second-order valence-corrected chi connectivity index (χ2v) is 8.38. The summed E-state index contributed by atoms with van der Waals surface area (Å²) in [6, 6.07) is 8.41. The monoisotopic (exact) mass is 407 g/mol. The van der Waals surface area contributed by atoms with Gasteiger partial charge in [0.2, 0.25) is 5.91 Å². The number of imidazole rings is 1. The van der Waals surface area contributed by atoms with Crippen LogP contribution in [0.3, 0.4) is 0 Å². The van der Waals surface area contributed by atoms with Crippen molar-refractivity contribution in [3.05, 3.63) is 41.1 Å². The van der Waals surface area contributed by atoms with Crippen molar-refractivity contribution in [3.8, 4) is 5.69 Å². The fourth-order valence-corrected chi connectivity index (χ4v) is 4.11. The number of amides is 1. The molecule has 0 bridgehead atoms. The molecule has 0 radical (unpaired) electrons. The summed E-state index contributed by atoms with van der Waals surface area (Å²) in [4.78, 5) is 16.9. The molecule has 24 heavy (non-hydrogen) atoms. The molecule has 1 aliphatic carbocycles. The van der Waals surface area contributed by atoms with E-state index in [1.165, 1.54) is 31.0 Å². The van der Waals surface area contributed by atoms with E-state index in [2.05, 4.69) is 26.2 Å². The lowest BCUT2D eigenvalue weighted by atomic mass is 9.95. The molecular weight excluding hydrogens is 386 g/mol. The van der Waals surface area contributed by atoms with Crippen LogP contribution in [0.25, 0.3) is 5.69 Å². The highest BCUT2D eigenvalue weighted by Gasteiger charge is 2.21. The van der Waals surface area contributed by atoms with Gasteiger partial charge in [-0.25, -0.2) is 4.98 Å². The first-order valence-electron chi connectivity index (χ1n) is 8.40. The molecule has 1 unspecified atom stereocenters. The van der Waals surface area contributed by atoms with E-state index >= 15 is 0 Å². The zero-order valence-electron chi connectivity index (χ0n) is 13.7. The van der Waals surface area contributed by atoms with Crippen molar-refractivity contribution in [1.82, 2.24) is 14.9 Å². The number of carbonyl (C=O) groups is 1. The van der Waals surface area contributed by atoms with Gasteiger partial charge in [0.15, 0.2) is 5.16 Å². The van der Waals surface area contributed by atoms with Crippen molar-refractivity contribution < 1.29 is 4.79 Å². The number of nitrogens with one attached hydrogen (secondary N) is 1. The lowest BCUT2D eigenvalue weighted by Crippen LogP contribution is -2.40. The number of hydrogen-bond donors (Lipinski definition) is 1. The fraction of sp³-hybridized carbons (Fsp3) is 0.444. The number of rotatable bonds is 5. The predicted molar refractivity (Wildman–Crippen MR) is 102 cm³/mol. The average Bonchev–Trinajstić information content (AvgIpc) is 3.04. The topological polar surface area (TPSA) is 46.9 Å². The van der Waals surface area contributed by atoms with Gasteiger partial charge in [0.25, 0.3) is 0 Å². The van der Waals surface area contributed by atoms with Gasteiger partial charge in [0, 0.05) is 28.6 Å². The van der Waals surface area contributed by atoms with E-state index in [-0.39, 0.29) is 11.2 Å². The van der Waals surface area contributed by atoms with Crippen LogP contribution in [-0.4, -0.2) is 26.8 Å². The van der Waals surface area contributed by atoms with Crippen LogP contribution in [0.15, 0.2) is 46.3 Å². The van der Waals surface area contributed by atoms with E-state index in [9.17, 15) is 4.79 Å². The lowest BCUT2D eigenvalue weighted by molar-refractivity contribution is -0.121. The summed E-state index contributed by atoms with van der Waals surface area (Å²) in [6.45, 7) is 1.95. The van der Waals surface area contributed by atoms with Gasteiger partial charge >= 0.3 is 0 Å². The number of nitrogens with zero attached hydrogens (tertiary/aromatic N) is 2. The van der Waals surface area contributed by atoms with Crippen LogP contribution >= 0.6 is 27.7 Å². The second kappa shape index (κ2) is 8.21. The highest BCUT2D eigenvalue weighted by Crippen LogP contribution is 2.26. The zero-order chi connectivity index (χ0) is 16.9. The molecule has 2 aromatic rings. The Bertz CT molecular complexity index is 680. The van der Waals surface area contributed by atoms with E-state index in [1.54, 1.807) is 6.20 Å². The third-order valence-electron chi connectivity index (χ3n) is 4.31. The van der Waals surface area contributed by atoms with Gasteiger partial charge in [0.05, 0.1) is 5.25 Å². The molecule has 3 rings (SSSR count). The maximum Gasteiger partial charge on any atom is 0.233 e. The number of halogens is 1. The minimum atomic E-state index is -0.163. The van der Waals surface area contributed by atoms with Crippen molar-refractivity contribution in [2.24, 2.45) is 0 Å². The second-order valence-electron chi connectivity index (χ2n) is 6.16. The quantitative estimate of drug-likeness (QED) is 0.738. The van der Waals surface area contributed by atoms with Crippen molar-refractivity contribution in [2.75, 3.05) is 0 Å². The summed E-state index contributed by atoms with van der Waals surface area (Å²) in [5.41, 5.74) is 1.04. The molecule has 0 aliphatic heterocycles. The van der Waals surface area contributed by atoms with Crippen LogP contribution in [0.5, 0.6) is 0 Å². The summed E-state index contributed by atoms with van der Waals surface area (Å²) in [7, 11) is 0. The van der Waals surface area contributed by atoms with Gasteiger partial charge in [-0.2, -0.15) is 0 Å². The Morgan fingerprint density at radius 3 is 2.71 bits per heavy atom. The van der Waals surface area contributed by atoms with Gasteiger partial charge in [-0.15, -0.1) is 0 Å². The molecule has 4 nitrogen and oxygen atoms in total. The Kier molecular flexibility index (Phi) is 6.00. The molecule has 1 atom stereocenters. The molecule has 6 heteroatoms. The number of thioether (sulfide) groups is 1. The molecule has 1 fully saturated rings. The number of carbonyl (C=O) groups excluding carboxylic acids is 1. The summed E-state index contributed by atoms with van der Waals surface area (Å²) >= 11 is 4.95. The Hall–Kier alpha value is -1.27. The predicted octanol–water partition coefficient (Wildman–Crippen LogP) is 4.56. The average molecular weight is 408 g/mol. The molecule has 1 amide bonds. The van der Waals surface area contributed by atoms with E-state index in [4.69, 9.17) is 0 Å². The molecule has 1 saturated carbocycles. The normalized spacial score (nSPS) is 16.8. The van der Waals surface area contributed by atoms with Crippen LogP contribution in [0, 0.1) is 0 Å². The third kappa shape index (κ3) is 4.42. The minimum Gasteiger partial charge on any atom is -0.352 e. The molecule has 1 aliphatic rings. The Morgan fingerprint density at radius 1 is 1.29 bits per heavy atom. The van der Waals surface area contributed by atoms with Crippen molar-refractivity contribution >= 4 is 33.6 Å². The molecule has 1 aromatic heterocycles. The van der Waals surface area contributed by atoms with Gasteiger partial charge in [0.1, 0.15) is 0 Å². The number of aromatic nitrogens is 2. The van der Waals surface area contributed by atoms with Gasteiger partial charge < -0.3 is 5.32 Å². The lowest BCUT2D eigenvalue weighted by Gasteiger charge is -2.24. The smallest absolute Gasteiger partial charge is 0.233 e. The summed E-state index contributed by atoms with van der Waals surface area (Å²) in [6.07, 6.45) is 9.66. The van der Waals surface area contributed by atoms with E-state index in [0.717, 1.165) is 28.2 Å². The molecular formula is C18H22BrN3OS. The van der Waals surface area contributed by atoms with Crippen LogP contribution in [-0.2, 0) is 4.79 Å². The highest BCUT2D eigenvalue weighted by molar-refractivity contribution is 9.10. The molecule has 1 heterocycles. The summed E-state index contributed by atoms with van der Waals surface area (Å²) < 4.78 is 3.06. The van der Waals surface area contributed by atoms with Crippen LogP contribution < -0.4 is 5.32 Å². The molecule has 1 aromatic carbocycles. The van der Waals surface area contributed by atoms with Crippen molar-refractivity contribution in [3.63, 3.8) is 0 Å². The fourth-order valence-electron chi connectivity index (χ4n) is 2.95. The van der Waals surface area contributed by atoms with E-state index < -0.39 is 0 Å². The first-order chi connectivity index (χ1) is 11.6. The van der Waals surface area contributed by atoms with Crippen LogP contribution in [0.1, 0.15) is 39.0 Å². The maximum absolute atomic E-state index is 12.5. The first kappa shape index (κ1) is 17.5. The van der Waals surface area contributed by atoms with Crippen molar-refractivity contribution in [2.45, 2.75) is 55.5 Å². The molecule has 1 N–H and O–H groups in total. The van der Waals surface area contributed by atoms with Gasteiger partial charge in [-0.05, 0) is 44.0 Å². The number of hydrogen-bond acceptors (Lipinski definition) is 3. The van der Waals surface area contributed by atoms with Crippen LogP contribution in [0.2, 0.25) is 0 Å². The largest absolute Gasteiger partial charge is 0.352 e. The first-order valence-corrected chi connectivity index (χ1v) is 10.1. The maximum atomic E-state index is 12.5. The van der Waals surface area contributed by atoms with Gasteiger partial charge in [-0.1, -0.05) is 47.0 Å². The van der Waals surface area contributed by atoms with E-state index in [1.807, 2.05) is 42.0 Å². The molecule has 128 valence electrons. The number of benzene rings is 1. The summed E-state index contributed by atoms with van der Waals surface area (Å²) in [5, 5.41) is 3.87. The van der Waals surface area contributed by atoms with Crippen molar-refractivity contribution in [1.29, 1.82) is 0 Å². The van der Waals surface area contributed by atoms with Crippen LogP contribution in [0.4, 0.5) is 0 Å². The highest BCUT2D eigenvalue weighted by atomic mass is 79.9.